The smallest absolute Gasteiger partial charge is 0.266 e. The third-order valence-corrected chi connectivity index (χ3v) is 5.59. The minimum absolute atomic E-state index is 0.0371. The molecule has 2 rings (SSSR count). The first-order valence-electron chi connectivity index (χ1n) is 10.3. The fraction of sp³-hybridized carbons (Fsp3) is 0.320. The van der Waals surface area contributed by atoms with Crippen molar-refractivity contribution in [2.24, 2.45) is 0 Å². The van der Waals surface area contributed by atoms with Crippen LogP contribution in [0.15, 0.2) is 53.4 Å². The van der Waals surface area contributed by atoms with E-state index in [0.717, 1.165) is 0 Å². The Morgan fingerprint density at radius 2 is 1.56 bits per heavy atom. The zero-order valence-corrected chi connectivity index (χ0v) is 20.4. The van der Waals surface area contributed by atoms with Crippen molar-refractivity contribution >= 4 is 15.9 Å². The number of rotatable bonds is 10. The van der Waals surface area contributed by atoms with Crippen molar-refractivity contribution in [1.82, 2.24) is 10.2 Å². The van der Waals surface area contributed by atoms with Gasteiger partial charge in [-0.15, -0.1) is 12.3 Å². The van der Waals surface area contributed by atoms with E-state index in [-0.39, 0.29) is 18.1 Å². The average molecular weight is 485 g/mol. The van der Waals surface area contributed by atoms with Gasteiger partial charge in [-0.1, -0.05) is 24.0 Å². The molecule has 9 heteroatoms. The summed E-state index contributed by atoms with van der Waals surface area (Å²) in [5, 5.41) is 0. The van der Waals surface area contributed by atoms with E-state index in [2.05, 4.69) is 28.0 Å². The fourth-order valence-corrected chi connectivity index (χ4v) is 3.73. The molecular formula is C25H28N2O6S. The summed E-state index contributed by atoms with van der Waals surface area (Å²) in [6, 6.07) is 10.9. The highest BCUT2D eigenvalue weighted by molar-refractivity contribution is 7.89. The Bertz CT molecular complexity index is 1170. The van der Waals surface area contributed by atoms with E-state index in [9.17, 15) is 13.2 Å². The molecule has 1 unspecified atom stereocenters. The summed E-state index contributed by atoms with van der Waals surface area (Å²) in [5.41, 5.74) is 2.03. The molecule has 0 saturated heterocycles. The first kappa shape index (κ1) is 26.7. The monoisotopic (exact) mass is 484 g/mol. The number of terminal acetylenes is 1. The summed E-state index contributed by atoms with van der Waals surface area (Å²) in [6.07, 6.45) is 5.19. The number of hydroxylamine groups is 1. The molecule has 0 radical (unpaired) electrons. The van der Waals surface area contributed by atoms with Gasteiger partial charge in [-0.25, -0.2) is 13.9 Å². The van der Waals surface area contributed by atoms with Crippen LogP contribution in [0.4, 0.5) is 0 Å². The number of ether oxygens (including phenoxy) is 2. The second kappa shape index (κ2) is 12.1. The Morgan fingerprint density at radius 1 is 1.00 bits per heavy atom. The van der Waals surface area contributed by atoms with Crippen LogP contribution in [0, 0.1) is 24.2 Å². The zero-order chi connectivity index (χ0) is 25.2. The van der Waals surface area contributed by atoms with Gasteiger partial charge >= 0.3 is 0 Å². The van der Waals surface area contributed by atoms with Crippen molar-refractivity contribution < 1.29 is 27.5 Å². The van der Waals surface area contributed by atoms with Gasteiger partial charge in [0, 0.05) is 0 Å². The molecule has 8 nitrogen and oxygen atoms in total. The van der Waals surface area contributed by atoms with Crippen LogP contribution in [0.25, 0.3) is 0 Å². The van der Waals surface area contributed by atoms with E-state index in [1.165, 1.54) is 24.3 Å². The summed E-state index contributed by atoms with van der Waals surface area (Å²) in [6.45, 7) is 7.22. The second-order valence-corrected chi connectivity index (χ2v) is 9.70. The van der Waals surface area contributed by atoms with Gasteiger partial charge in [0.2, 0.25) is 10.0 Å². The van der Waals surface area contributed by atoms with Crippen LogP contribution in [0.5, 0.6) is 11.5 Å². The summed E-state index contributed by atoms with van der Waals surface area (Å²) >= 11 is 0. The lowest BCUT2D eigenvalue weighted by Crippen LogP contribution is -2.43. The molecule has 0 spiro atoms. The minimum atomic E-state index is -4.08. The largest absolute Gasteiger partial charge is 0.481 e. The summed E-state index contributed by atoms with van der Waals surface area (Å²) in [5.74, 6) is 8.09. The third-order valence-electron chi connectivity index (χ3n) is 4.15. The molecule has 180 valence electrons. The minimum Gasteiger partial charge on any atom is -0.481 e. The molecule has 0 aliphatic rings. The number of hydrogen-bond donors (Lipinski definition) is 2. The number of carbonyl (C=O) groups is 1. The maximum absolute atomic E-state index is 13.1. The Morgan fingerprint density at radius 3 is 2.09 bits per heavy atom. The molecule has 0 bridgehead atoms. The molecule has 0 fully saturated rings. The molecule has 2 aromatic carbocycles. The Balaban J connectivity index is 2.27. The van der Waals surface area contributed by atoms with E-state index in [4.69, 9.17) is 20.7 Å². The van der Waals surface area contributed by atoms with Crippen LogP contribution in [0.3, 0.4) is 0 Å². The number of benzene rings is 2. The van der Waals surface area contributed by atoms with E-state index in [0.29, 0.717) is 17.1 Å². The van der Waals surface area contributed by atoms with Gasteiger partial charge in [-0.3, -0.25) is 9.63 Å². The van der Waals surface area contributed by atoms with E-state index in [1.807, 2.05) is 0 Å². The maximum Gasteiger partial charge on any atom is 0.266 e. The molecule has 0 aromatic heterocycles. The maximum atomic E-state index is 13.1. The van der Waals surface area contributed by atoms with Gasteiger partial charge < -0.3 is 9.47 Å². The van der Waals surface area contributed by atoms with Gasteiger partial charge in [0.1, 0.15) is 30.8 Å². The fourth-order valence-electron chi connectivity index (χ4n) is 2.55. The molecule has 34 heavy (non-hydrogen) atoms. The predicted molar refractivity (Wildman–Crippen MR) is 128 cm³/mol. The molecule has 0 saturated carbocycles. The Hall–Kier alpha value is -3.50. The average Bonchev–Trinajstić information content (AvgIpc) is 2.80. The van der Waals surface area contributed by atoms with Crippen LogP contribution in [0.1, 0.15) is 39.3 Å². The highest BCUT2D eigenvalue weighted by Crippen LogP contribution is 2.22. The van der Waals surface area contributed by atoms with Crippen LogP contribution < -0.4 is 19.7 Å². The molecular weight excluding hydrogens is 456 g/mol. The molecule has 1 amide bonds. The normalized spacial score (nSPS) is 12.0. The van der Waals surface area contributed by atoms with Crippen molar-refractivity contribution in [3.05, 3.63) is 54.1 Å². The summed E-state index contributed by atoms with van der Waals surface area (Å²) in [7, 11) is -4.08. The van der Waals surface area contributed by atoms with Gasteiger partial charge in [0.05, 0.1) is 10.5 Å². The Kier molecular flexibility index (Phi) is 9.52. The predicted octanol–water partition coefficient (Wildman–Crippen LogP) is 2.97. The van der Waals surface area contributed by atoms with Crippen molar-refractivity contribution in [2.45, 2.75) is 44.2 Å². The number of carbonyl (C=O) groups excluding carboxylic acids is 1. The lowest BCUT2D eigenvalue weighted by Gasteiger charge is -2.23. The number of amides is 1. The summed E-state index contributed by atoms with van der Waals surface area (Å²) < 4.78 is 39.3. The molecule has 1 atom stereocenters. The van der Waals surface area contributed by atoms with Crippen molar-refractivity contribution in [1.29, 1.82) is 0 Å². The van der Waals surface area contributed by atoms with Gasteiger partial charge in [-0.2, -0.15) is 4.72 Å². The SMILES string of the molecule is C#CCOc1ccc(C(NS(=O)(=O)c2ccc(OCC#CC)cc2)C(=O)NOC(C)(C)C)cc1. The molecule has 0 heterocycles. The highest BCUT2D eigenvalue weighted by Gasteiger charge is 2.28. The van der Waals surface area contributed by atoms with E-state index in [1.54, 1.807) is 52.0 Å². The molecule has 0 aliphatic carbocycles. The standard InChI is InChI=1S/C25H28N2O6S/c1-6-8-18-32-21-13-15-22(16-14-21)34(29,30)27-23(24(28)26-33-25(3,4)5)19-9-11-20(12-10-19)31-17-7-2/h2,9-16,23,27H,17-18H2,1,3-5H3,(H,26,28). The lowest BCUT2D eigenvalue weighted by molar-refractivity contribution is -0.147. The van der Waals surface area contributed by atoms with Crippen LogP contribution in [-0.4, -0.2) is 33.1 Å². The zero-order valence-electron chi connectivity index (χ0n) is 19.5. The molecule has 2 aromatic rings. The highest BCUT2D eigenvalue weighted by atomic mass is 32.2. The quantitative estimate of drug-likeness (QED) is 0.397. The second-order valence-electron chi connectivity index (χ2n) is 7.98. The Labute approximate surface area is 201 Å². The van der Waals surface area contributed by atoms with Crippen molar-refractivity contribution in [2.75, 3.05) is 13.2 Å². The first-order valence-corrected chi connectivity index (χ1v) is 11.8. The van der Waals surface area contributed by atoms with Crippen LogP contribution >= 0.6 is 0 Å². The van der Waals surface area contributed by atoms with Gasteiger partial charge in [0.25, 0.3) is 5.91 Å². The van der Waals surface area contributed by atoms with Crippen molar-refractivity contribution in [3.63, 3.8) is 0 Å². The lowest BCUT2D eigenvalue weighted by atomic mass is 10.1. The summed E-state index contributed by atoms with van der Waals surface area (Å²) in [4.78, 5) is 18.2. The number of nitrogens with one attached hydrogen (secondary N) is 2. The first-order chi connectivity index (χ1) is 16.1. The molecule has 0 aliphatic heterocycles. The molecule has 2 N–H and O–H groups in total. The van der Waals surface area contributed by atoms with E-state index < -0.39 is 27.6 Å². The number of hydrogen-bond acceptors (Lipinski definition) is 6. The third kappa shape index (κ3) is 8.45. The van der Waals surface area contributed by atoms with Crippen LogP contribution in [0.2, 0.25) is 0 Å². The topological polar surface area (TPSA) is 103 Å². The van der Waals surface area contributed by atoms with Gasteiger partial charge in [-0.05, 0) is 69.7 Å². The van der Waals surface area contributed by atoms with E-state index >= 15 is 0 Å². The number of sulfonamides is 1. The van der Waals surface area contributed by atoms with Crippen LogP contribution in [-0.2, 0) is 19.7 Å². The van der Waals surface area contributed by atoms with Gasteiger partial charge in [0.15, 0.2) is 0 Å². The van der Waals surface area contributed by atoms with Crippen molar-refractivity contribution in [3.8, 4) is 35.7 Å².